The van der Waals surface area contributed by atoms with E-state index in [2.05, 4.69) is 44.3 Å². The lowest BCUT2D eigenvalue weighted by Gasteiger charge is -2.34. The Kier molecular flexibility index (Phi) is 5.65. The van der Waals surface area contributed by atoms with Crippen molar-refractivity contribution in [2.24, 2.45) is 0 Å². The van der Waals surface area contributed by atoms with Crippen molar-refractivity contribution in [2.75, 3.05) is 43.4 Å². The molecule has 3 rings (SSSR count). The summed E-state index contributed by atoms with van der Waals surface area (Å²) in [5, 5.41) is 2.99. The lowest BCUT2D eigenvalue weighted by molar-refractivity contribution is 0.102. The van der Waals surface area contributed by atoms with E-state index < -0.39 is 0 Å². The van der Waals surface area contributed by atoms with E-state index in [1.54, 1.807) is 0 Å². The third kappa shape index (κ3) is 4.26. The van der Waals surface area contributed by atoms with E-state index in [-0.39, 0.29) is 22.0 Å². The van der Waals surface area contributed by atoms with Crippen LogP contribution in [0.4, 0.5) is 11.4 Å². The van der Waals surface area contributed by atoms with Gasteiger partial charge in [-0.05, 0) is 55.8 Å². The van der Waals surface area contributed by atoms with Gasteiger partial charge >= 0.3 is 0 Å². The van der Waals surface area contributed by atoms with Crippen LogP contribution in [-0.4, -0.2) is 54.0 Å². The number of rotatable bonds is 3. The van der Waals surface area contributed by atoms with Crippen LogP contribution in [0.25, 0.3) is 0 Å². The molecular weight excluding hydrogens is 373 g/mol. The smallest absolute Gasteiger partial charge is 0.274 e. The first kappa shape index (κ1) is 18.9. The molecule has 2 aromatic rings. The van der Waals surface area contributed by atoms with Crippen molar-refractivity contribution >= 4 is 40.5 Å². The Morgan fingerprint density at radius 2 is 1.65 bits per heavy atom. The number of hydrogen-bond acceptors (Lipinski definition) is 5. The first-order chi connectivity index (χ1) is 12.3. The second-order valence-corrected chi connectivity index (χ2v) is 7.27. The number of piperazine rings is 1. The number of anilines is 2. The highest BCUT2D eigenvalue weighted by Crippen LogP contribution is 2.28. The van der Waals surface area contributed by atoms with E-state index in [4.69, 9.17) is 23.2 Å². The van der Waals surface area contributed by atoms with Crippen molar-refractivity contribution in [3.63, 3.8) is 0 Å². The van der Waals surface area contributed by atoms with E-state index in [0.29, 0.717) is 0 Å². The van der Waals surface area contributed by atoms with Crippen molar-refractivity contribution in [3.05, 3.63) is 45.5 Å². The molecule has 1 fully saturated rings. The summed E-state index contributed by atoms with van der Waals surface area (Å²) in [6.45, 7) is 8.07. The van der Waals surface area contributed by atoms with Crippen molar-refractivity contribution in [2.45, 2.75) is 13.8 Å². The van der Waals surface area contributed by atoms with Gasteiger partial charge in [-0.2, -0.15) is 0 Å². The number of likely N-dealkylation sites (N-methyl/N-ethyl adjacent to an activating group) is 1. The summed E-state index contributed by atoms with van der Waals surface area (Å²) in [6, 6.07) is 5.60. The second kappa shape index (κ2) is 7.78. The Labute approximate surface area is 163 Å². The largest absolute Gasteiger partial charge is 0.369 e. The average molecular weight is 394 g/mol. The van der Waals surface area contributed by atoms with Crippen LogP contribution in [0, 0.1) is 13.8 Å². The Balaban J connectivity index is 1.81. The molecule has 0 aliphatic carbocycles. The molecule has 138 valence electrons. The van der Waals surface area contributed by atoms with Gasteiger partial charge in [0.15, 0.2) is 0 Å². The number of hydrogen-bond donors (Lipinski definition) is 1. The lowest BCUT2D eigenvalue weighted by Crippen LogP contribution is -2.44. The second-order valence-electron chi connectivity index (χ2n) is 6.54. The Morgan fingerprint density at radius 3 is 2.23 bits per heavy atom. The molecule has 1 aliphatic rings. The van der Waals surface area contributed by atoms with Gasteiger partial charge < -0.3 is 15.1 Å². The van der Waals surface area contributed by atoms with Crippen LogP contribution in [0.5, 0.6) is 0 Å². The fraction of sp³-hybridized carbons (Fsp3) is 0.389. The molecule has 0 radical (unpaired) electrons. The highest BCUT2D eigenvalue weighted by atomic mass is 35.5. The lowest BCUT2D eigenvalue weighted by atomic mass is 10.1. The Bertz CT molecular complexity index is 791. The maximum atomic E-state index is 12.5. The van der Waals surface area contributed by atoms with Crippen LogP contribution in [0.2, 0.25) is 10.4 Å². The number of aryl methyl sites for hydroxylation is 2. The summed E-state index contributed by atoms with van der Waals surface area (Å²) in [4.78, 5) is 24.9. The van der Waals surface area contributed by atoms with Crippen molar-refractivity contribution in [1.82, 2.24) is 14.9 Å². The summed E-state index contributed by atoms with van der Waals surface area (Å²) in [6.07, 6.45) is 0. The molecule has 6 nitrogen and oxygen atoms in total. The van der Waals surface area contributed by atoms with Crippen molar-refractivity contribution < 1.29 is 4.79 Å². The maximum Gasteiger partial charge on any atom is 0.274 e. The van der Waals surface area contributed by atoms with Crippen molar-refractivity contribution in [3.8, 4) is 0 Å². The quantitative estimate of drug-likeness (QED) is 0.639. The minimum atomic E-state index is -0.366. The van der Waals surface area contributed by atoms with Crippen molar-refractivity contribution in [1.29, 1.82) is 0 Å². The Morgan fingerprint density at radius 1 is 1.04 bits per heavy atom. The van der Waals surface area contributed by atoms with Gasteiger partial charge in [0.1, 0.15) is 10.8 Å². The standard InChI is InChI=1S/C18H21Cl2N5O/c1-11-8-13(25-6-4-24(3)5-7-25)9-12(2)16(11)23-17(26)14-10-15(19)22-18(20)21-14/h8-10H,4-7H2,1-3H3,(H,23,26). The molecule has 1 saturated heterocycles. The highest BCUT2D eigenvalue weighted by Gasteiger charge is 2.18. The van der Waals surface area contributed by atoms with Gasteiger partial charge in [-0.1, -0.05) is 11.6 Å². The molecule has 1 N–H and O–H groups in total. The van der Waals surface area contributed by atoms with Crippen LogP contribution < -0.4 is 10.2 Å². The molecule has 26 heavy (non-hydrogen) atoms. The number of nitrogens with zero attached hydrogens (tertiary/aromatic N) is 4. The van der Waals surface area contributed by atoms with Crippen LogP contribution >= 0.6 is 23.2 Å². The molecule has 0 unspecified atom stereocenters. The Hall–Kier alpha value is -1.89. The minimum Gasteiger partial charge on any atom is -0.369 e. The van der Waals surface area contributed by atoms with Gasteiger partial charge in [0, 0.05) is 43.6 Å². The molecule has 0 bridgehead atoms. The number of carbonyl (C=O) groups excluding carboxylic acids is 1. The fourth-order valence-electron chi connectivity index (χ4n) is 3.07. The monoisotopic (exact) mass is 393 g/mol. The zero-order chi connectivity index (χ0) is 18.8. The third-order valence-corrected chi connectivity index (χ3v) is 4.89. The van der Waals surface area contributed by atoms with E-state index in [1.165, 1.54) is 11.8 Å². The van der Waals surface area contributed by atoms with Gasteiger partial charge in [-0.25, -0.2) is 9.97 Å². The van der Waals surface area contributed by atoms with Crippen LogP contribution in [0.3, 0.4) is 0 Å². The van der Waals surface area contributed by atoms with Gasteiger partial charge in [0.05, 0.1) is 0 Å². The summed E-state index contributed by atoms with van der Waals surface area (Å²) in [5.74, 6) is -0.366. The van der Waals surface area contributed by atoms with Gasteiger partial charge in [-0.15, -0.1) is 0 Å². The topological polar surface area (TPSA) is 61.4 Å². The molecular formula is C18H21Cl2N5O. The van der Waals surface area contributed by atoms with Gasteiger partial charge in [-0.3, -0.25) is 4.79 Å². The SMILES string of the molecule is Cc1cc(N2CCN(C)CC2)cc(C)c1NC(=O)c1cc(Cl)nc(Cl)n1. The predicted octanol–water partition coefficient (Wildman–Crippen LogP) is 3.40. The molecule has 2 heterocycles. The van der Waals surface area contributed by atoms with Gasteiger partial charge in [0.25, 0.3) is 5.91 Å². The van der Waals surface area contributed by atoms with E-state index in [1.807, 2.05) is 13.8 Å². The predicted molar refractivity (Wildman–Crippen MR) is 106 cm³/mol. The molecule has 0 spiro atoms. The van der Waals surface area contributed by atoms with Crippen LogP contribution in [-0.2, 0) is 0 Å². The third-order valence-electron chi connectivity index (χ3n) is 4.52. The molecule has 1 aromatic heterocycles. The fourth-order valence-corrected chi connectivity index (χ4v) is 3.48. The summed E-state index contributed by atoms with van der Waals surface area (Å²) < 4.78 is 0. The summed E-state index contributed by atoms with van der Waals surface area (Å²) >= 11 is 11.6. The average Bonchev–Trinajstić information content (AvgIpc) is 2.57. The number of carbonyl (C=O) groups is 1. The highest BCUT2D eigenvalue weighted by molar-refractivity contribution is 6.32. The van der Waals surface area contributed by atoms with E-state index in [0.717, 1.165) is 43.0 Å². The van der Waals surface area contributed by atoms with E-state index in [9.17, 15) is 4.79 Å². The maximum absolute atomic E-state index is 12.5. The molecule has 1 aromatic carbocycles. The first-order valence-electron chi connectivity index (χ1n) is 8.39. The molecule has 8 heteroatoms. The summed E-state index contributed by atoms with van der Waals surface area (Å²) in [5.41, 5.74) is 4.09. The number of halogens is 2. The first-order valence-corrected chi connectivity index (χ1v) is 9.15. The van der Waals surface area contributed by atoms with Gasteiger partial charge in [0.2, 0.25) is 5.28 Å². The number of aromatic nitrogens is 2. The van der Waals surface area contributed by atoms with Crippen LogP contribution in [0.15, 0.2) is 18.2 Å². The molecule has 1 aliphatic heterocycles. The molecule has 0 atom stereocenters. The molecule has 1 amide bonds. The summed E-state index contributed by atoms with van der Waals surface area (Å²) in [7, 11) is 2.14. The number of nitrogens with one attached hydrogen (secondary N) is 1. The minimum absolute atomic E-state index is 0.0542. The van der Waals surface area contributed by atoms with E-state index >= 15 is 0 Å². The number of benzene rings is 1. The number of amides is 1. The zero-order valence-corrected chi connectivity index (χ0v) is 16.5. The molecule has 0 saturated carbocycles. The zero-order valence-electron chi connectivity index (χ0n) is 15.0. The normalized spacial score (nSPS) is 15.2. The van der Waals surface area contributed by atoms with Crippen LogP contribution in [0.1, 0.15) is 21.6 Å².